The van der Waals surface area contributed by atoms with Crippen molar-refractivity contribution in [3.8, 4) is 11.5 Å². The van der Waals surface area contributed by atoms with E-state index in [0.29, 0.717) is 13.2 Å². The highest BCUT2D eigenvalue weighted by atomic mass is 16.5. The molecule has 5 nitrogen and oxygen atoms in total. The highest BCUT2D eigenvalue weighted by Crippen LogP contribution is 2.39. The molecule has 2 heterocycles. The maximum atomic E-state index is 12.1. The van der Waals surface area contributed by atoms with Gasteiger partial charge in [-0.15, -0.1) is 0 Å². The number of carbonyl (C=O) groups excluding carboxylic acids is 1. The van der Waals surface area contributed by atoms with Gasteiger partial charge in [-0.25, -0.2) is 4.98 Å². The van der Waals surface area contributed by atoms with Crippen LogP contribution in [0.5, 0.6) is 11.5 Å². The number of ether oxygens (including phenoxy) is 2. The van der Waals surface area contributed by atoms with Crippen LogP contribution in [0.3, 0.4) is 0 Å². The van der Waals surface area contributed by atoms with Crippen LogP contribution in [0.2, 0.25) is 0 Å². The van der Waals surface area contributed by atoms with Crippen molar-refractivity contribution < 1.29 is 14.3 Å². The van der Waals surface area contributed by atoms with E-state index >= 15 is 0 Å². The quantitative estimate of drug-likeness (QED) is 0.436. The number of carbonyl (C=O) groups is 1. The number of amides is 1. The number of pyridine rings is 1. The van der Waals surface area contributed by atoms with Crippen LogP contribution in [0, 0.1) is 0 Å². The van der Waals surface area contributed by atoms with Gasteiger partial charge in [0.05, 0.1) is 16.6 Å². The topological polar surface area (TPSA) is 60.5 Å². The highest BCUT2D eigenvalue weighted by molar-refractivity contribution is 6.05. The fraction of sp³-hybridized carbons (Fsp3) is 0.185. The summed E-state index contributed by atoms with van der Waals surface area (Å²) in [5.74, 6) is 1.54. The van der Waals surface area contributed by atoms with Gasteiger partial charge in [0.2, 0.25) is 5.91 Å². The van der Waals surface area contributed by atoms with Crippen molar-refractivity contribution in [3.05, 3.63) is 95.7 Å². The minimum Gasteiger partial charge on any atom is -0.489 e. The summed E-state index contributed by atoms with van der Waals surface area (Å²) in [4.78, 5) is 16.7. The van der Waals surface area contributed by atoms with Crippen LogP contribution >= 0.6 is 0 Å². The Balaban J connectivity index is 1.19. The molecular weight excluding hydrogens is 400 g/mol. The molecule has 32 heavy (non-hydrogen) atoms. The molecule has 1 amide bonds. The third kappa shape index (κ3) is 3.89. The molecule has 0 bridgehead atoms. The molecule has 5 heteroatoms. The maximum absolute atomic E-state index is 12.1. The Kier molecular flexibility index (Phi) is 5.02. The Hall–Kier alpha value is -3.86. The Morgan fingerprint density at radius 2 is 1.59 bits per heavy atom. The molecule has 160 valence electrons. The van der Waals surface area contributed by atoms with Gasteiger partial charge >= 0.3 is 0 Å². The van der Waals surface area contributed by atoms with Gasteiger partial charge in [-0.1, -0.05) is 36.4 Å². The third-order valence-corrected chi connectivity index (χ3v) is 5.85. The fourth-order valence-electron chi connectivity index (χ4n) is 3.83. The number of hydrogen-bond acceptors (Lipinski definition) is 4. The number of rotatable bonds is 6. The molecule has 1 N–H and O–H groups in total. The van der Waals surface area contributed by atoms with Crippen molar-refractivity contribution in [3.63, 3.8) is 0 Å². The van der Waals surface area contributed by atoms with Crippen LogP contribution in [0.25, 0.3) is 10.9 Å². The minimum absolute atomic E-state index is 0.0131. The van der Waals surface area contributed by atoms with Crippen LogP contribution in [-0.4, -0.2) is 10.9 Å². The fourth-order valence-corrected chi connectivity index (χ4v) is 3.83. The molecule has 1 aromatic heterocycles. The van der Waals surface area contributed by atoms with Crippen molar-refractivity contribution in [2.45, 2.75) is 32.5 Å². The second-order valence-electron chi connectivity index (χ2n) is 8.50. The van der Waals surface area contributed by atoms with Crippen molar-refractivity contribution in [2.75, 3.05) is 5.32 Å². The lowest BCUT2D eigenvalue weighted by molar-refractivity contribution is -0.119. The Labute approximate surface area is 187 Å². The Morgan fingerprint density at radius 1 is 0.844 bits per heavy atom. The molecule has 3 aromatic carbocycles. The van der Waals surface area contributed by atoms with E-state index in [1.54, 1.807) is 0 Å². The maximum Gasteiger partial charge on any atom is 0.234 e. The van der Waals surface area contributed by atoms with E-state index in [1.165, 1.54) is 0 Å². The van der Waals surface area contributed by atoms with E-state index in [2.05, 4.69) is 16.4 Å². The molecule has 0 aliphatic carbocycles. The number of nitrogens with one attached hydrogen (secondary N) is 1. The zero-order valence-electron chi connectivity index (χ0n) is 18.1. The van der Waals surface area contributed by atoms with Gasteiger partial charge in [0.1, 0.15) is 24.7 Å². The van der Waals surface area contributed by atoms with Crippen LogP contribution in [0.15, 0.2) is 78.9 Å². The molecule has 0 unspecified atom stereocenters. The first-order chi connectivity index (χ1) is 15.5. The van der Waals surface area contributed by atoms with Crippen molar-refractivity contribution in [1.29, 1.82) is 0 Å². The summed E-state index contributed by atoms with van der Waals surface area (Å²) in [6.07, 6.45) is 0. The second kappa shape index (κ2) is 8.00. The lowest BCUT2D eigenvalue weighted by atomic mass is 9.86. The largest absolute Gasteiger partial charge is 0.489 e. The van der Waals surface area contributed by atoms with E-state index in [1.807, 2.05) is 86.6 Å². The van der Waals surface area contributed by atoms with E-state index < -0.39 is 5.41 Å². The van der Waals surface area contributed by atoms with Gasteiger partial charge in [0.15, 0.2) is 0 Å². The molecule has 0 saturated heterocycles. The number of para-hydroxylation sites is 1. The van der Waals surface area contributed by atoms with Crippen molar-refractivity contribution >= 4 is 22.5 Å². The van der Waals surface area contributed by atoms with Crippen molar-refractivity contribution in [2.24, 2.45) is 0 Å². The SMILES string of the molecule is CC1(C)C(=O)Nc2ccc(OCc3ccc(OCc4ccc5ccccc5n4)cc3)cc21. The van der Waals surface area contributed by atoms with Gasteiger partial charge in [0, 0.05) is 11.1 Å². The summed E-state index contributed by atoms with van der Waals surface area (Å²) in [6, 6.07) is 25.7. The summed E-state index contributed by atoms with van der Waals surface area (Å²) in [5, 5.41) is 4.04. The molecule has 5 rings (SSSR count). The van der Waals surface area contributed by atoms with E-state index in [0.717, 1.165) is 44.9 Å². The molecule has 0 fully saturated rings. The smallest absolute Gasteiger partial charge is 0.234 e. The number of hydrogen-bond donors (Lipinski definition) is 1. The lowest BCUT2D eigenvalue weighted by Gasteiger charge is -2.16. The molecule has 0 saturated carbocycles. The number of fused-ring (bicyclic) bond motifs is 2. The zero-order valence-corrected chi connectivity index (χ0v) is 18.1. The summed E-state index contributed by atoms with van der Waals surface area (Å²) < 4.78 is 11.9. The molecule has 0 spiro atoms. The first kappa shape index (κ1) is 20.1. The van der Waals surface area contributed by atoms with Gasteiger partial charge in [-0.3, -0.25) is 4.79 Å². The third-order valence-electron chi connectivity index (χ3n) is 5.85. The highest BCUT2D eigenvalue weighted by Gasteiger charge is 2.38. The molecule has 4 aromatic rings. The molecule has 0 atom stereocenters. The predicted octanol–water partition coefficient (Wildman–Crippen LogP) is 5.62. The lowest BCUT2D eigenvalue weighted by Crippen LogP contribution is -2.26. The van der Waals surface area contributed by atoms with Crippen LogP contribution in [-0.2, 0) is 23.4 Å². The van der Waals surface area contributed by atoms with Gasteiger partial charge in [-0.05, 0) is 67.4 Å². The minimum atomic E-state index is -0.548. The van der Waals surface area contributed by atoms with Gasteiger partial charge < -0.3 is 14.8 Å². The Morgan fingerprint density at radius 3 is 2.44 bits per heavy atom. The van der Waals surface area contributed by atoms with Crippen LogP contribution < -0.4 is 14.8 Å². The van der Waals surface area contributed by atoms with Crippen molar-refractivity contribution in [1.82, 2.24) is 4.98 Å². The zero-order chi connectivity index (χ0) is 22.1. The summed E-state index contributed by atoms with van der Waals surface area (Å²) in [6.45, 7) is 4.69. The first-order valence-electron chi connectivity index (χ1n) is 10.6. The van der Waals surface area contributed by atoms with Crippen LogP contribution in [0.4, 0.5) is 5.69 Å². The summed E-state index contributed by atoms with van der Waals surface area (Å²) in [5.41, 5.74) is 4.17. The average molecular weight is 425 g/mol. The standard InChI is InChI=1S/C27H24N2O3/c1-27(2)23-15-22(13-14-25(23)29-26(27)30)31-16-18-7-11-21(12-8-18)32-17-20-10-9-19-5-3-4-6-24(19)28-20/h3-15H,16-17H2,1-2H3,(H,29,30). The molecule has 1 aliphatic rings. The normalized spacial score (nSPS) is 14.1. The van der Waals surface area contributed by atoms with E-state index in [-0.39, 0.29) is 5.91 Å². The number of nitrogens with zero attached hydrogens (tertiary/aromatic N) is 1. The van der Waals surface area contributed by atoms with E-state index in [9.17, 15) is 4.79 Å². The summed E-state index contributed by atoms with van der Waals surface area (Å²) >= 11 is 0. The molecule has 1 aliphatic heterocycles. The van der Waals surface area contributed by atoms with Gasteiger partial charge in [-0.2, -0.15) is 0 Å². The summed E-state index contributed by atoms with van der Waals surface area (Å²) in [7, 11) is 0. The van der Waals surface area contributed by atoms with Gasteiger partial charge in [0.25, 0.3) is 0 Å². The number of aromatic nitrogens is 1. The molecule has 0 radical (unpaired) electrons. The number of benzene rings is 3. The second-order valence-corrected chi connectivity index (χ2v) is 8.50. The average Bonchev–Trinajstić information content (AvgIpc) is 3.04. The van der Waals surface area contributed by atoms with E-state index in [4.69, 9.17) is 9.47 Å². The predicted molar refractivity (Wildman–Crippen MR) is 125 cm³/mol. The number of anilines is 1. The first-order valence-corrected chi connectivity index (χ1v) is 10.6. The molecular formula is C27H24N2O3. The Bertz CT molecular complexity index is 1300. The monoisotopic (exact) mass is 424 g/mol. The van der Waals surface area contributed by atoms with Crippen LogP contribution in [0.1, 0.15) is 30.7 Å².